The molecule has 0 amide bonds. The van der Waals surface area contributed by atoms with Crippen LogP contribution in [0.2, 0.25) is 0 Å². The first-order valence-corrected chi connectivity index (χ1v) is 7.38. The molecule has 0 N–H and O–H groups in total. The van der Waals surface area contributed by atoms with Gasteiger partial charge in [-0.25, -0.2) is 14.2 Å². The summed E-state index contributed by atoms with van der Waals surface area (Å²) < 4.78 is 19.5. The van der Waals surface area contributed by atoms with Crippen molar-refractivity contribution in [2.45, 2.75) is 13.2 Å². The standard InChI is InChI=1S/C18H12FN3O3/c19-13-5-3-4-12(10-13)18(24)25-11-16-21-15-7-2-1-6-14(15)17(23)22(16)9-8-20/h1-7,10H,9,11H2. The Morgan fingerprint density at radius 2 is 2.04 bits per heavy atom. The van der Waals surface area contributed by atoms with Crippen LogP contribution in [0.5, 0.6) is 0 Å². The molecular weight excluding hydrogens is 325 g/mol. The molecule has 1 heterocycles. The molecule has 0 saturated heterocycles. The Kier molecular flexibility index (Phi) is 4.53. The lowest BCUT2D eigenvalue weighted by molar-refractivity contribution is 0.0456. The molecule has 0 radical (unpaired) electrons. The quantitative estimate of drug-likeness (QED) is 0.683. The van der Waals surface area contributed by atoms with Gasteiger partial charge in [0.05, 0.1) is 22.5 Å². The van der Waals surface area contributed by atoms with Crippen LogP contribution in [0.15, 0.2) is 53.3 Å². The molecule has 1 aromatic heterocycles. The van der Waals surface area contributed by atoms with E-state index in [9.17, 15) is 14.0 Å². The number of halogens is 1. The van der Waals surface area contributed by atoms with Crippen molar-refractivity contribution in [3.05, 3.63) is 76.1 Å². The second-order valence-corrected chi connectivity index (χ2v) is 5.18. The summed E-state index contributed by atoms with van der Waals surface area (Å²) in [6, 6.07) is 13.7. The minimum atomic E-state index is -0.745. The van der Waals surface area contributed by atoms with Gasteiger partial charge in [0.1, 0.15) is 19.0 Å². The van der Waals surface area contributed by atoms with Gasteiger partial charge >= 0.3 is 5.97 Å². The number of hydrogen-bond donors (Lipinski definition) is 0. The fraction of sp³-hybridized carbons (Fsp3) is 0.111. The highest BCUT2D eigenvalue weighted by Crippen LogP contribution is 2.10. The van der Waals surface area contributed by atoms with Crippen LogP contribution in [0.1, 0.15) is 16.2 Å². The predicted molar refractivity (Wildman–Crippen MR) is 87.1 cm³/mol. The fourth-order valence-electron chi connectivity index (χ4n) is 2.39. The number of aromatic nitrogens is 2. The van der Waals surface area contributed by atoms with Gasteiger partial charge < -0.3 is 4.74 Å². The number of rotatable bonds is 4. The smallest absolute Gasteiger partial charge is 0.338 e. The van der Waals surface area contributed by atoms with Crippen LogP contribution >= 0.6 is 0 Å². The molecule has 6 nitrogen and oxygen atoms in total. The second-order valence-electron chi connectivity index (χ2n) is 5.18. The molecule has 3 rings (SSSR count). The Morgan fingerprint density at radius 1 is 1.24 bits per heavy atom. The summed E-state index contributed by atoms with van der Waals surface area (Å²) in [4.78, 5) is 28.8. The molecule has 0 aliphatic rings. The van der Waals surface area contributed by atoms with Crippen LogP contribution in [-0.4, -0.2) is 15.5 Å². The Morgan fingerprint density at radius 3 is 2.80 bits per heavy atom. The molecule has 0 saturated carbocycles. The molecule has 0 spiro atoms. The van der Waals surface area contributed by atoms with E-state index in [1.165, 1.54) is 18.2 Å². The van der Waals surface area contributed by atoms with Crippen LogP contribution in [0.4, 0.5) is 4.39 Å². The first kappa shape index (κ1) is 16.3. The minimum absolute atomic E-state index is 0.0509. The molecule has 25 heavy (non-hydrogen) atoms. The third-order valence-corrected chi connectivity index (χ3v) is 3.56. The van der Waals surface area contributed by atoms with Crippen molar-refractivity contribution in [2.24, 2.45) is 0 Å². The van der Waals surface area contributed by atoms with Crippen LogP contribution in [0.25, 0.3) is 10.9 Å². The number of ether oxygens (including phenoxy) is 1. The molecule has 7 heteroatoms. The fourth-order valence-corrected chi connectivity index (χ4v) is 2.39. The molecule has 0 fully saturated rings. The van der Waals surface area contributed by atoms with Crippen LogP contribution in [0, 0.1) is 17.1 Å². The van der Waals surface area contributed by atoms with Crippen LogP contribution in [-0.2, 0) is 17.9 Å². The molecule has 2 aromatic carbocycles. The summed E-state index contributed by atoms with van der Waals surface area (Å²) >= 11 is 0. The van der Waals surface area contributed by atoms with Gasteiger partial charge in [-0.2, -0.15) is 5.26 Å². The zero-order valence-corrected chi connectivity index (χ0v) is 13.0. The largest absolute Gasteiger partial charge is 0.454 e. The summed E-state index contributed by atoms with van der Waals surface area (Å²) in [5.41, 5.74) is 0.109. The van der Waals surface area contributed by atoms with E-state index >= 15 is 0 Å². The number of hydrogen-bond acceptors (Lipinski definition) is 5. The lowest BCUT2D eigenvalue weighted by Gasteiger charge is -2.11. The van der Waals surface area contributed by atoms with Gasteiger partial charge in [-0.05, 0) is 30.3 Å². The minimum Gasteiger partial charge on any atom is -0.454 e. The summed E-state index contributed by atoms with van der Waals surface area (Å²) in [6.45, 7) is -0.527. The molecule has 124 valence electrons. The maximum Gasteiger partial charge on any atom is 0.338 e. The molecule has 0 atom stereocenters. The third kappa shape index (κ3) is 3.38. The van der Waals surface area contributed by atoms with Gasteiger partial charge in [0.15, 0.2) is 5.82 Å². The van der Waals surface area contributed by atoms with E-state index in [0.717, 1.165) is 10.6 Å². The van der Waals surface area contributed by atoms with Gasteiger partial charge in [-0.15, -0.1) is 0 Å². The second kappa shape index (κ2) is 6.93. The number of nitrogens with zero attached hydrogens (tertiary/aromatic N) is 3. The van der Waals surface area contributed by atoms with E-state index in [1.54, 1.807) is 24.3 Å². The monoisotopic (exact) mass is 337 g/mol. The van der Waals surface area contributed by atoms with Gasteiger partial charge in [-0.3, -0.25) is 9.36 Å². The maximum atomic E-state index is 13.2. The van der Waals surface area contributed by atoms with Crippen molar-refractivity contribution < 1.29 is 13.9 Å². The van der Waals surface area contributed by atoms with Crippen molar-refractivity contribution in [2.75, 3.05) is 0 Å². The number of para-hydroxylation sites is 1. The summed E-state index contributed by atoms with van der Waals surface area (Å²) in [6.07, 6.45) is 0. The summed E-state index contributed by atoms with van der Waals surface area (Å²) in [5, 5.41) is 9.31. The number of benzene rings is 2. The van der Waals surface area contributed by atoms with E-state index in [2.05, 4.69) is 4.98 Å². The number of esters is 1. The van der Waals surface area contributed by atoms with Crippen molar-refractivity contribution >= 4 is 16.9 Å². The molecule has 0 unspecified atom stereocenters. The summed E-state index contributed by atoms with van der Waals surface area (Å²) in [7, 11) is 0. The van der Waals surface area contributed by atoms with Crippen molar-refractivity contribution in [1.29, 1.82) is 5.26 Å². The molecule has 3 aromatic rings. The number of fused-ring (bicyclic) bond motifs is 1. The molecule has 0 aliphatic heterocycles. The van der Waals surface area contributed by atoms with E-state index in [4.69, 9.17) is 10.00 Å². The zero-order valence-electron chi connectivity index (χ0n) is 13.0. The zero-order chi connectivity index (χ0) is 17.8. The Labute approximate surface area is 141 Å². The van der Waals surface area contributed by atoms with Crippen molar-refractivity contribution in [3.8, 4) is 6.07 Å². The first-order valence-electron chi connectivity index (χ1n) is 7.38. The van der Waals surface area contributed by atoms with Crippen LogP contribution in [0.3, 0.4) is 0 Å². The van der Waals surface area contributed by atoms with Gasteiger partial charge in [0.25, 0.3) is 5.56 Å². The Balaban J connectivity index is 1.93. The first-order chi connectivity index (χ1) is 12.1. The third-order valence-electron chi connectivity index (χ3n) is 3.56. The van der Waals surface area contributed by atoms with Crippen molar-refractivity contribution in [1.82, 2.24) is 9.55 Å². The van der Waals surface area contributed by atoms with Gasteiger partial charge in [0.2, 0.25) is 0 Å². The Hall–Kier alpha value is -3.53. The highest BCUT2D eigenvalue weighted by molar-refractivity contribution is 5.89. The molecular formula is C18H12FN3O3. The predicted octanol–water partition coefficient (Wildman–Crippen LogP) is 2.42. The van der Waals surface area contributed by atoms with Gasteiger partial charge in [0, 0.05) is 0 Å². The lowest BCUT2D eigenvalue weighted by Crippen LogP contribution is -2.26. The molecule has 0 aliphatic carbocycles. The number of carbonyl (C=O) groups is 1. The highest BCUT2D eigenvalue weighted by atomic mass is 19.1. The lowest BCUT2D eigenvalue weighted by atomic mass is 10.2. The van der Waals surface area contributed by atoms with E-state index in [0.29, 0.717) is 10.9 Å². The number of nitriles is 1. The van der Waals surface area contributed by atoms with Crippen LogP contribution < -0.4 is 5.56 Å². The normalized spacial score (nSPS) is 10.4. The number of carbonyl (C=O) groups excluding carboxylic acids is 1. The molecule has 0 bridgehead atoms. The van der Waals surface area contributed by atoms with E-state index < -0.39 is 11.8 Å². The maximum absolute atomic E-state index is 13.2. The highest BCUT2D eigenvalue weighted by Gasteiger charge is 2.14. The summed E-state index contributed by atoms with van der Waals surface area (Å²) in [5.74, 6) is -1.15. The van der Waals surface area contributed by atoms with Crippen molar-refractivity contribution in [3.63, 3.8) is 0 Å². The van der Waals surface area contributed by atoms with E-state index in [-0.39, 0.29) is 30.1 Å². The topological polar surface area (TPSA) is 85.0 Å². The van der Waals surface area contributed by atoms with Gasteiger partial charge in [-0.1, -0.05) is 18.2 Å². The van der Waals surface area contributed by atoms with E-state index in [1.807, 2.05) is 6.07 Å². The SMILES string of the molecule is N#CCn1c(COC(=O)c2cccc(F)c2)nc2ccccc2c1=O. The average Bonchev–Trinajstić information content (AvgIpc) is 2.62. The average molecular weight is 337 g/mol. The Bertz CT molecular complexity index is 1050.